The summed E-state index contributed by atoms with van der Waals surface area (Å²) in [6.07, 6.45) is 1.19. The first-order valence-corrected chi connectivity index (χ1v) is 6.43. The molecule has 0 radical (unpaired) electrons. The fourth-order valence-electron chi connectivity index (χ4n) is 1.45. The van der Waals surface area contributed by atoms with Crippen molar-refractivity contribution in [1.82, 2.24) is 13.9 Å². The maximum Gasteiger partial charge on any atom is 0.263 e. The number of sulfonamides is 1. The summed E-state index contributed by atoms with van der Waals surface area (Å²) in [5.74, 6) is -2.10. The van der Waals surface area contributed by atoms with Gasteiger partial charge in [0.05, 0.1) is 19.4 Å². The van der Waals surface area contributed by atoms with Crippen LogP contribution in [0, 0.1) is 0 Å². The first-order valence-electron chi connectivity index (χ1n) is 4.99. The van der Waals surface area contributed by atoms with Gasteiger partial charge >= 0.3 is 0 Å². The number of rotatable bonds is 6. The van der Waals surface area contributed by atoms with Crippen LogP contribution in [0.5, 0.6) is 0 Å². The number of nitrogens with zero attached hydrogens (tertiary/aromatic N) is 3. The van der Waals surface area contributed by atoms with Crippen LogP contribution in [0.2, 0.25) is 0 Å². The van der Waals surface area contributed by atoms with Gasteiger partial charge in [0.2, 0.25) is 11.8 Å². The van der Waals surface area contributed by atoms with E-state index in [9.17, 15) is 18.0 Å². The number of aryl methyl sites for hydroxylation is 1. The second-order valence-electron chi connectivity index (χ2n) is 3.75. The van der Waals surface area contributed by atoms with Crippen molar-refractivity contribution in [2.24, 2.45) is 18.5 Å². The van der Waals surface area contributed by atoms with E-state index in [2.05, 4.69) is 4.98 Å². The molecule has 0 unspecified atom stereocenters. The molecule has 1 heterocycles. The maximum atomic E-state index is 12.3. The molecule has 0 aliphatic rings. The van der Waals surface area contributed by atoms with Gasteiger partial charge in [-0.15, -0.1) is 0 Å². The molecule has 0 atom stereocenters. The van der Waals surface area contributed by atoms with E-state index in [0.29, 0.717) is 4.31 Å². The smallest absolute Gasteiger partial charge is 0.263 e. The van der Waals surface area contributed by atoms with E-state index in [0.717, 1.165) is 4.57 Å². The first-order chi connectivity index (χ1) is 8.66. The molecular formula is C8H14N6O4S. The highest BCUT2D eigenvalue weighted by Gasteiger charge is 2.32. The Hall–Kier alpha value is -2.14. The number of nitrogen functional groups attached to an aromatic ring is 1. The highest BCUT2D eigenvalue weighted by Crippen LogP contribution is 2.20. The standard InChI is InChI=1S/C8H14N6O4S/c1-13-4-12-7(11)8(13)19(17,18)14(2-5(9)15)3-6(10)16/h4H,2-3,11H2,1H3,(H2,9,15)(H2,10,16). The number of carbonyl (C=O) groups excluding carboxylic acids is 2. The van der Waals surface area contributed by atoms with E-state index < -0.39 is 34.9 Å². The van der Waals surface area contributed by atoms with Gasteiger partial charge in [-0.3, -0.25) is 9.59 Å². The Kier molecular flexibility index (Phi) is 4.11. The molecule has 0 saturated heterocycles. The number of amides is 2. The summed E-state index contributed by atoms with van der Waals surface area (Å²) in [6.45, 7) is -1.37. The molecule has 0 bridgehead atoms. The number of imidazole rings is 1. The second-order valence-corrected chi connectivity index (χ2v) is 5.60. The highest BCUT2D eigenvalue weighted by molar-refractivity contribution is 7.89. The number of carbonyl (C=O) groups is 2. The molecular weight excluding hydrogens is 276 g/mol. The van der Waals surface area contributed by atoms with Crippen LogP contribution in [0.3, 0.4) is 0 Å². The van der Waals surface area contributed by atoms with E-state index in [-0.39, 0.29) is 10.8 Å². The van der Waals surface area contributed by atoms with Gasteiger partial charge in [-0.25, -0.2) is 13.4 Å². The van der Waals surface area contributed by atoms with Gasteiger partial charge in [-0.2, -0.15) is 4.31 Å². The maximum absolute atomic E-state index is 12.3. The summed E-state index contributed by atoms with van der Waals surface area (Å²) in [4.78, 5) is 25.4. The molecule has 0 spiro atoms. The predicted octanol–water partition coefficient (Wildman–Crippen LogP) is -3.04. The van der Waals surface area contributed by atoms with Crippen LogP contribution >= 0.6 is 0 Å². The molecule has 0 aliphatic heterocycles. The summed E-state index contributed by atoms with van der Waals surface area (Å²) >= 11 is 0. The van der Waals surface area contributed by atoms with Gasteiger partial charge in [0.25, 0.3) is 10.0 Å². The van der Waals surface area contributed by atoms with Crippen LogP contribution in [-0.2, 0) is 26.7 Å². The topological polar surface area (TPSA) is 167 Å². The highest BCUT2D eigenvalue weighted by atomic mass is 32.2. The zero-order chi connectivity index (χ0) is 14.8. The molecule has 2 amide bonds. The lowest BCUT2D eigenvalue weighted by Gasteiger charge is -2.19. The number of nitrogens with two attached hydrogens (primary N) is 3. The van der Waals surface area contributed by atoms with Gasteiger partial charge in [-0.05, 0) is 0 Å². The molecule has 1 aromatic heterocycles. The fourth-order valence-corrected chi connectivity index (χ4v) is 3.01. The van der Waals surface area contributed by atoms with Crippen LogP contribution in [-0.4, -0.2) is 47.2 Å². The molecule has 0 saturated carbocycles. The van der Waals surface area contributed by atoms with Crippen molar-refractivity contribution in [2.45, 2.75) is 5.03 Å². The summed E-state index contributed by atoms with van der Waals surface area (Å²) in [7, 11) is -2.80. The third-order valence-electron chi connectivity index (χ3n) is 2.16. The molecule has 10 nitrogen and oxygen atoms in total. The van der Waals surface area contributed by atoms with Crippen molar-refractivity contribution < 1.29 is 18.0 Å². The van der Waals surface area contributed by atoms with Gasteiger partial charge in [0, 0.05) is 7.05 Å². The largest absolute Gasteiger partial charge is 0.381 e. The molecule has 0 aliphatic carbocycles. The Balaban J connectivity index is 3.27. The van der Waals surface area contributed by atoms with E-state index in [4.69, 9.17) is 17.2 Å². The monoisotopic (exact) mass is 290 g/mol. The Morgan fingerprint density at radius 3 is 2.11 bits per heavy atom. The van der Waals surface area contributed by atoms with Crippen LogP contribution in [0.1, 0.15) is 0 Å². The summed E-state index contributed by atoms with van der Waals surface area (Å²) in [6, 6.07) is 0. The van der Waals surface area contributed by atoms with E-state index in [1.54, 1.807) is 0 Å². The molecule has 19 heavy (non-hydrogen) atoms. The third kappa shape index (κ3) is 3.20. The Morgan fingerprint density at radius 2 is 1.79 bits per heavy atom. The Labute approximate surface area is 109 Å². The quantitative estimate of drug-likeness (QED) is 0.503. The zero-order valence-electron chi connectivity index (χ0n) is 10.1. The van der Waals surface area contributed by atoms with Crippen molar-refractivity contribution >= 4 is 27.7 Å². The van der Waals surface area contributed by atoms with Crippen LogP contribution in [0.4, 0.5) is 5.82 Å². The molecule has 106 valence electrons. The summed E-state index contributed by atoms with van der Waals surface area (Å²) in [5.41, 5.74) is 15.3. The molecule has 1 rings (SSSR count). The Bertz CT molecular complexity index is 571. The number of primary amides is 2. The van der Waals surface area contributed by atoms with Gasteiger partial charge < -0.3 is 21.8 Å². The molecule has 6 N–H and O–H groups in total. The van der Waals surface area contributed by atoms with Crippen molar-refractivity contribution in [2.75, 3.05) is 18.8 Å². The van der Waals surface area contributed by atoms with E-state index in [1.165, 1.54) is 13.4 Å². The molecule has 0 fully saturated rings. The zero-order valence-corrected chi connectivity index (χ0v) is 10.9. The minimum atomic E-state index is -4.20. The van der Waals surface area contributed by atoms with Crippen molar-refractivity contribution in [3.63, 3.8) is 0 Å². The Morgan fingerprint density at radius 1 is 1.32 bits per heavy atom. The van der Waals surface area contributed by atoms with Crippen LogP contribution in [0.15, 0.2) is 11.4 Å². The fraction of sp³-hybridized carbons (Fsp3) is 0.375. The van der Waals surface area contributed by atoms with E-state index in [1.807, 2.05) is 0 Å². The molecule has 1 aromatic rings. The number of hydrogen-bond donors (Lipinski definition) is 3. The lowest BCUT2D eigenvalue weighted by Crippen LogP contribution is -2.43. The molecule has 0 aromatic carbocycles. The summed E-state index contributed by atoms with van der Waals surface area (Å²) in [5, 5.41) is -0.338. The minimum absolute atomic E-state index is 0.249. The number of hydrogen-bond acceptors (Lipinski definition) is 6. The van der Waals surface area contributed by atoms with Crippen molar-refractivity contribution in [3.8, 4) is 0 Å². The SMILES string of the molecule is Cn1cnc(N)c1S(=O)(=O)N(CC(N)=O)CC(N)=O. The van der Waals surface area contributed by atoms with E-state index >= 15 is 0 Å². The van der Waals surface area contributed by atoms with Crippen molar-refractivity contribution in [1.29, 1.82) is 0 Å². The average Bonchev–Trinajstić information content (AvgIpc) is 2.56. The normalized spacial score (nSPS) is 11.7. The second kappa shape index (κ2) is 5.24. The molecule has 11 heteroatoms. The predicted molar refractivity (Wildman–Crippen MR) is 64.8 cm³/mol. The minimum Gasteiger partial charge on any atom is -0.381 e. The van der Waals surface area contributed by atoms with Crippen molar-refractivity contribution in [3.05, 3.63) is 6.33 Å². The lowest BCUT2D eigenvalue weighted by molar-refractivity contribution is -0.120. The van der Waals surface area contributed by atoms with Gasteiger partial charge in [-0.1, -0.05) is 0 Å². The van der Waals surface area contributed by atoms with Gasteiger partial charge in [0.1, 0.15) is 0 Å². The summed E-state index contributed by atoms with van der Waals surface area (Å²) < 4.78 is 26.3. The van der Waals surface area contributed by atoms with Crippen LogP contribution < -0.4 is 17.2 Å². The lowest BCUT2D eigenvalue weighted by atomic mass is 10.5. The van der Waals surface area contributed by atoms with Crippen LogP contribution in [0.25, 0.3) is 0 Å². The average molecular weight is 290 g/mol. The third-order valence-corrected chi connectivity index (χ3v) is 4.08. The van der Waals surface area contributed by atoms with Gasteiger partial charge in [0.15, 0.2) is 10.8 Å². The number of anilines is 1. The number of aromatic nitrogens is 2. The first kappa shape index (κ1) is 14.9.